The molecule has 94 valence electrons. The second-order valence-electron chi connectivity index (χ2n) is 4.56. The van der Waals surface area contributed by atoms with Crippen LogP contribution in [0.2, 0.25) is 0 Å². The van der Waals surface area contributed by atoms with Gasteiger partial charge < -0.3 is 16.2 Å². The van der Waals surface area contributed by atoms with Crippen molar-refractivity contribution in [3.63, 3.8) is 0 Å². The van der Waals surface area contributed by atoms with E-state index in [0.717, 1.165) is 0 Å². The molecule has 2 atom stereocenters. The maximum absolute atomic E-state index is 11.4. The molecule has 0 heterocycles. The second-order valence-corrected chi connectivity index (χ2v) is 4.56. The number of hydrogen-bond acceptors (Lipinski definition) is 3. The van der Waals surface area contributed by atoms with Gasteiger partial charge in [-0.15, -0.1) is 0 Å². The fraction of sp³-hybridized carbons (Fsp3) is 0.818. The van der Waals surface area contributed by atoms with Gasteiger partial charge in [0, 0.05) is 6.54 Å². The third-order valence-corrected chi connectivity index (χ3v) is 2.36. The van der Waals surface area contributed by atoms with Gasteiger partial charge in [-0.1, -0.05) is 20.8 Å². The van der Waals surface area contributed by atoms with Gasteiger partial charge in [0.15, 0.2) is 0 Å². The van der Waals surface area contributed by atoms with E-state index in [2.05, 4.69) is 5.32 Å². The molecule has 0 saturated carbocycles. The van der Waals surface area contributed by atoms with Crippen LogP contribution in [-0.4, -0.2) is 29.6 Å². The topological polar surface area (TPSA) is 92.4 Å². The highest BCUT2D eigenvalue weighted by atomic mass is 16.4. The maximum Gasteiger partial charge on any atom is 0.306 e. The summed E-state index contributed by atoms with van der Waals surface area (Å²) in [5, 5.41) is 11.3. The van der Waals surface area contributed by atoms with Crippen molar-refractivity contribution in [3.05, 3.63) is 0 Å². The van der Waals surface area contributed by atoms with Gasteiger partial charge in [0.25, 0.3) is 0 Å². The molecular formula is C11H22N2O3. The lowest BCUT2D eigenvalue weighted by atomic mass is 10.0. The molecule has 0 saturated heterocycles. The number of hydrogen-bond donors (Lipinski definition) is 3. The number of carboxylic acid groups (broad SMARTS) is 1. The molecule has 0 aromatic rings. The van der Waals surface area contributed by atoms with Crippen LogP contribution >= 0.6 is 0 Å². The lowest BCUT2D eigenvalue weighted by Gasteiger charge is -2.14. The van der Waals surface area contributed by atoms with Crippen LogP contribution in [0, 0.1) is 11.8 Å². The van der Waals surface area contributed by atoms with Gasteiger partial charge in [-0.2, -0.15) is 0 Å². The Bertz CT molecular complexity index is 241. The van der Waals surface area contributed by atoms with Crippen LogP contribution in [-0.2, 0) is 9.59 Å². The van der Waals surface area contributed by atoms with Crippen LogP contribution in [0.25, 0.3) is 0 Å². The number of carboxylic acids is 1. The van der Waals surface area contributed by atoms with Crippen LogP contribution in [0.1, 0.15) is 33.6 Å². The molecule has 1 unspecified atom stereocenters. The first-order valence-electron chi connectivity index (χ1n) is 5.60. The average molecular weight is 230 g/mol. The van der Waals surface area contributed by atoms with E-state index in [4.69, 9.17) is 10.8 Å². The van der Waals surface area contributed by atoms with E-state index in [1.54, 1.807) is 6.92 Å². The lowest BCUT2D eigenvalue weighted by molar-refractivity contribution is -0.141. The number of carbonyl (C=O) groups excluding carboxylic acids is 1. The monoisotopic (exact) mass is 230 g/mol. The van der Waals surface area contributed by atoms with Crippen LogP contribution in [0.4, 0.5) is 0 Å². The van der Waals surface area contributed by atoms with Crippen molar-refractivity contribution < 1.29 is 14.7 Å². The van der Waals surface area contributed by atoms with Crippen molar-refractivity contribution in [2.45, 2.75) is 39.7 Å². The standard InChI is InChI=1S/C11H22N2O3/c1-7(2)6-9(12)10(14)13-5-4-8(3)11(15)16/h7-9H,4-6,12H2,1-3H3,(H,13,14)(H,15,16)/t8?,9-/m0/s1. The van der Waals surface area contributed by atoms with E-state index in [9.17, 15) is 9.59 Å². The van der Waals surface area contributed by atoms with Crippen molar-refractivity contribution in [1.82, 2.24) is 5.32 Å². The summed E-state index contributed by atoms with van der Waals surface area (Å²) in [5.74, 6) is -1.12. The first-order chi connectivity index (χ1) is 7.34. The number of amides is 1. The van der Waals surface area contributed by atoms with E-state index in [-0.39, 0.29) is 5.91 Å². The summed E-state index contributed by atoms with van der Waals surface area (Å²) >= 11 is 0. The molecule has 0 bridgehead atoms. The Morgan fingerprint density at radius 2 is 1.88 bits per heavy atom. The van der Waals surface area contributed by atoms with Gasteiger partial charge in [-0.25, -0.2) is 0 Å². The number of aliphatic carboxylic acids is 1. The van der Waals surface area contributed by atoms with E-state index in [1.165, 1.54) is 0 Å². The van der Waals surface area contributed by atoms with E-state index in [1.807, 2.05) is 13.8 Å². The van der Waals surface area contributed by atoms with Gasteiger partial charge in [0.05, 0.1) is 12.0 Å². The molecule has 0 aliphatic carbocycles. The predicted octanol–water partition coefficient (Wildman–Crippen LogP) is 0.587. The first kappa shape index (κ1) is 14.9. The van der Waals surface area contributed by atoms with Crippen LogP contribution in [0.15, 0.2) is 0 Å². The molecule has 0 aliphatic rings. The Morgan fingerprint density at radius 3 is 2.31 bits per heavy atom. The van der Waals surface area contributed by atoms with Crippen LogP contribution < -0.4 is 11.1 Å². The summed E-state index contributed by atoms with van der Waals surface area (Å²) in [6, 6.07) is -0.500. The summed E-state index contributed by atoms with van der Waals surface area (Å²) in [5.41, 5.74) is 5.67. The molecule has 0 fully saturated rings. The maximum atomic E-state index is 11.4. The molecule has 0 radical (unpaired) electrons. The van der Waals surface area contributed by atoms with Gasteiger partial charge in [-0.3, -0.25) is 9.59 Å². The Balaban J connectivity index is 3.77. The molecule has 5 heteroatoms. The van der Waals surface area contributed by atoms with Gasteiger partial charge >= 0.3 is 5.97 Å². The highest BCUT2D eigenvalue weighted by molar-refractivity contribution is 5.81. The third-order valence-electron chi connectivity index (χ3n) is 2.36. The normalized spacial score (nSPS) is 14.6. The zero-order valence-electron chi connectivity index (χ0n) is 10.2. The van der Waals surface area contributed by atoms with Crippen molar-refractivity contribution in [3.8, 4) is 0 Å². The first-order valence-corrected chi connectivity index (χ1v) is 5.60. The van der Waals surface area contributed by atoms with E-state index in [0.29, 0.717) is 25.3 Å². The molecule has 0 spiro atoms. The zero-order chi connectivity index (χ0) is 12.7. The smallest absolute Gasteiger partial charge is 0.306 e. The SMILES string of the molecule is CC(C)C[C@H](N)C(=O)NCCC(C)C(=O)O. The third kappa shape index (κ3) is 6.40. The van der Waals surface area contributed by atoms with Gasteiger partial charge in [-0.05, 0) is 18.8 Å². The fourth-order valence-corrected chi connectivity index (χ4v) is 1.28. The largest absolute Gasteiger partial charge is 0.481 e. The molecular weight excluding hydrogens is 208 g/mol. The number of nitrogens with one attached hydrogen (secondary N) is 1. The summed E-state index contributed by atoms with van der Waals surface area (Å²) in [7, 11) is 0. The summed E-state index contributed by atoms with van der Waals surface area (Å²) in [4.78, 5) is 22.0. The van der Waals surface area contributed by atoms with Crippen LogP contribution in [0.3, 0.4) is 0 Å². The van der Waals surface area contributed by atoms with Crippen LogP contribution in [0.5, 0.6) is 0 Å². The minimum absolute atomic E-state index is 0.203. The number of nitrogens with two attached hydrogens (primary N) is 1. The second kappa shape index (κ2) is 7.22. The highest BCUT2D eigenvalue weighted by Crippen LogP contribution is 2.03. The Labute approximate surface area is 96.4 Å². The Kier molecular flexibility index (Phi) is 6.72. The van der Waals surface area contributed by atoms with Crippen molar-refractivity contribution in [2.75, 3.05) is 6.54 Å². The predicted molar refractivity (Wildman–Crippen MR) is 61.9 cm³/mol. The Hall–Kier alpha value is -1.10. The van der Waals surface area contributed by atoms with E-state index >= 15 is 0 Å². The lowest BCUT2D eigenvalue weighted by Crippen LogP contribution is -2.42. The summed E-state index contributed by atoms with van der Waals surface area (Å²) < 4.78 is 0. The van der Waals surface area contributed by atoms with Crippen molar-refractivity contribution >= 4 is 11.9 Å². The number of carbonyl (C=O) groups is 2. The average Bonchev–Trinajstić information content (AvgIpc) is 2.15. The molecule has 0 aliphatic heterocycles. The summed E-state index contributed by atoms with van der Waals surface area (Å²) in [6.07, 6.45) is 1.07. The molecule has 16 heavy (non-hydrogen) atoms. The fourth-order valence-electron chi connectivity index (χ4n) is 1.28. The highest BCUT2D eigenvalue weighted by Gasteiger charge is 2.15. The zero-order valence-corrected chi connectivity index (χ0v) is 10.2. The van der Waals surface area contributed by atoms with Gasteiger partial charge in [0.1, 0.15) is 0 Å². The Morgan fingerprint density at radius 1 is 1.31 bits per heavy atom. The van der Waals surface area contributed by atoms with Gasteiger partial charge in [0.2, 0.25) is 5.91 Å². The molecule has 4 N–H and O–H groups in total. The number of rotatable bonds is 7. The molecule has 5 nitrogen and oxygen atoms in total. The van der Waals surface area contributed by atoms with Crippen molar-refractivity contribution in [1.29, 1.82) is 0 Å². The minimum atomic E-state index is -0.847. The molecule has 1 amide bonds. The summed E-state index contributed by atoms with van der Waals surface area (Å²) in [6.45, 7) is 5.97. The minimum Gasteiger partial charge on any atom is -0.481 e. The van der Waals surface area contributed by atoms with Crippen molar-refractivity contribution in [2.24, 2.45) is 17.6 Å². The quantitative estimate of drug-likeness (QED) is 0.596. The molecule has 0 aromatic heterocycles. The molecule has 0 aromatic carbocycles. The van der Waals surface area contributed by atoms with E-state index < -0.39 is 17.9 Å². The molecule has 0 rings (SSSR count).